The summed E-state index contributed by atoms with van der Waals surface area (Å²) in [5.41, 5.74) is 0. The Morgan fingerprint density at radius 3 is 2.86 bits per heavy atom. The lowest BCUT2D eigenvalue weighted by molar-refractivity contribution is 0.529. The maximum Gasteiger partial charge on any atom is 0.240 e. The van der Waals surface area contributed by atoms with Crippen LogP contribution in [-0.2, 0) is 10.0 Å². The lowest BCUT2D eigenvalue weighted by Crippen LogP contribution is -2.40. The molecule has 1 aromatic carbocycles. The first-order valence-corrected chi connectivity index (χ1v) is 9.10. The van der Waals surface area contributed by atoms with Crippen LogP contribution in [0.1, 0.15) is 19.8 Å². The number of hydrogen-bond acceptors (Lipinski definition) is 4. The Balaban J connectivity index is 1.67. The molecule has 1 aliphatic carbocycles. The van der Waals surface area contributed by atoms with Crippen molar-refractivity contribution in [1.82, 2.24) is 15.0 Å². The molecule has 0 bridgehead atoms. The molecular weight excluding hydrogens is 298 g/mol. The zero-order valence-corrected chi connectivity index (χ0v) is 13.4. The van der Waals surface area contributed by atoms with Gasteiger partial charge < -0.3 is 5.32 Å². The van der Waals surface area contributed by atoms with Crippen molar-refractivity contribution in [2.24, 2.45) is 5.92 Å². The van der Waals surface area contributed by atoms with Gasteiger partial charge in [0.25, 0.3) is 0 Å². The zero-order chi connectivity index (χ0) is 15.6. The quantitative estimate of drug-likeness (QED) is 0.818. The van der Waals surface area contributed by atoms with E-state index in [-0.39, 0.29) is 6.04 Å². The van der Waals surface area contributed by atoms with E-state index in [1.165, 1.54) is 12.8 Å². The Hall–Kier alpha value is -1.50. The molecule has 0 amide bonds. The second-order valence-corrected chi connectivity index (χ2v) is 7.72. The Labute approximate surface area is 131 Å². The van der Waals surface area contributed by atoms with Gasteiger partial charge in [-0.05, 0) is 55.8 Å². The molecule has 1 heterocycles. The minimum atomic E-state index is -3.50. The average Bonchev–Trinajstić information content (AvgIpc) is 3.30. The smallest absolute Gasteiger partial charge is 0.240 e. The van der Waals surface area contributed by atoms with E-state index in [1.54, 1.807) is 30.6 Å². The number of nitrogens with zero attached hydrogens (tertiary/aromatic N) is 1. The molecule has 0 spiro atoms. The fourth-order valence-corrected chi connectivity index (χ4v) is 3.71. The van der Waals surface area contributed by atoms with E-state index in [1.807, 2.05) is 13.0 Å². The summed E-state index contributed by atoms with van der Waals surface area (Å²) in [5, 5.41) is 5.12. The average molecular weight is 319 g/mol. The predicted molar refractivity (Wildman–Crippen MR) is 87.1 cm³/mol. The van der Waals surface area contributed by atoms with Gasteiger partial charge in [0.1, 0.15) is 0 Å². The summed E-state index contributed by atoms with van der Waals surface area (Å²) in [6.45, 7) is 3.50. The third-order valence-corrected chi connectivity index (χ3v) is 5.45. The molecule has 1 fully saturated rings. The standard InChI is InChI=1S/C16H21N3O2S/c1-12(9-18-10-13-2-3-13)19-22(20,21)16-5-4-15-11-17-7-6-14(15)8-16/h4-8,11-13,18-19H,2-3,9-10H2,1H3/t12-/m1/s1. The highest BCUT2D eigenvalue weighted by Gasteiger charge is 2.21. The molecule has 2 N–H and O–H groups in total. The van der Waals surface area contributed by atoms with Gasteiger partial charge in [0.05, 0.1) is 4.90 Å². The molecular formula is C16H21N3O2S. The molecule has 1 atom stereocenters. The summed E-state index contributed by atoms with van der Waals surface area (Å²) in [7, 11) is -3.50. The van der Waals surface area contributed by atoms with E-state index in [0.717, 1.165) is 23.2 Å². The van der Waals surface area contributed by atoms with Gasteiger partial charge in [-0.3, -0.25) is 4.98 Å². The summed E-state index contributed by atoms with van der Waals surface area (Å²) in [4.78, 5) is 4.32. The van der Waals surface area contributed by atoms with Crippen LogP contribution in [0.4, 0.5) is 0 Å². The Bertz CT molecular complexity index is 757. The van der Waals surface area contributed by atoms with Gasteiger partial charge in [0.15, 0.2) is 0 Å². The maximum atomic E-state index is 12.4. The van der Waals surface area contributed by atoms with Crippen molar-refractivity contribution in [2.45, 2.75) is 30.7 Å². The third kappa shape index (κ3) is 3.82. The van der Waals surface area contributed by atoms with Crippen LogP contribution in [0.2, 0.25) is 0 Å². The summed E-state index contributed by atoms with van der Waals surface area (Å²) in [5.74, 6) is 0.790. The SMILES string of the molecule is C[C@H](CNCC1CC1)NS(=O)(=O)c1ccc2cnccc2c1. The largest absolute Gasteiger partial charge is 0.315 e. The van der Waals surface area contributed by atoms with E-state index in [0.29, 0.717) is 11.4 Å². The Morgan fingerprint density at radius 2 is 2.09 bits per heavy atom. The van der Waals surface area contributed by atoms with Crippen LogP contribution in [-0.4, -0.2) is 32.5 Å². The summed E-state index contributed by atoms with van der Waals surface area (Å²) < 4.78 is 27.6. The summed E-state index contributed by atoms with van der Waals surface area (Å²) in [6, 6.07) is 6.76. The highest BCUT2D eigenvalue weighted by atomic mass is 32.2. The van der Waals surface area contributed by atoms with Gasteiger partial charge in [-0.2, -0.15) is 0 Å². The number of sulfonamides is 1. The van der Waals surface area contributed by atoms with Crippen LogP contribution in [0.3, 0.4) is 0 Å². The first-order valence-electron chi connectivity index (χ1n) is 7.61. The molecule has 1 aromatic heterocycles. The second-order valence-electron chi connectivity index (χ2n) is 6.01. The minimum Gasteiger partial charge on any atom is -0.315 e. The first kappa shape index (κ1) is 15.4. The molecule has 0 aliphatic heterocycles. The molecule has 0 radical (unpaired) electrons. The molecule has 6 heteroatoms. The van der Waals surface area contributed by atoms with Crippen molar-refractivity contribution in [3.05, 3.63) is 36.7 Å². The normalized spacial score (nSPS) is 16.8. The summed E-state index contributed by atoms with van der Waals surface area (Å²) in [6.07, 6.45) is 5.97. The number of hydrogen-bond donors (Lipinski definition) is 2. The molecule has 5 nitrogen and oxygen atoms in total. The molecule has 118 valence electrons. The molecule has 2 aromatic rings. The lowest BCUT2D eigenvalue weighted by Gasteiger charge is -2.15. The van der Waals surface area contributed by atoms with E-state index < -0.39 is 10.0 Å². The van der Waals surface area contributed by atoms with E-state index in [9.17, 15) is 8.42 Å². The lowest BCUT2D eigenvalue weighted by atomic mass is 10.2. The first-order chi connectivity index (χ1) is 10.5. The van der Waals surface area contributed by atoms with Crippen molar-refractivity contribution >= 4 is 20.8 Å². The fourth-order valence-electron chi connectivity index (χ4n) is 2.43. The molecule has 3 rings (SSSR count). The third-order valence-electron chi connectivity index (χ3n) is 3.86. The Kier molecular flexibility index (Phi) is 4.42. The van der Waals surface area contributed by atoms with Gasteiger partial charge in [-0.15, -0.1) is 0 Å². The highest BCUT2D eigenvalue weighted by Crippen LogP contribution is 2.27. The molecule has 0 saturated heterocycles. The monoisotopic (exact) mass is 319 g/mol. The van der Waals surface area contributed by atoms with Crippen LogP contribution in [0.15, 0.2) is 41.6 Å². The summed E-state index contributed by atoms with van der Waals surface area (Å²) >= 11 is 0. The topological polar surface area (TPSA) is 71.1 Å². The second kappa shape index (κ2) is 6.32. The number of nitrogens with one attached hydrogen (secondary N) is 2. The van der Waals surface area contributed by atoms with Crippen molar-refractivity contribution < 1.29 is 8.42 Å². The van der Waals surface area contributed by atoms with Crippen molar-refractivity contribution in [3.63, 3.8) is 0 Å². The van der Waals surface area contributed by atoms with E-state index >= 15 is 0 Å². The number of aromatic nitrogens is 1. The maximum absolute atomic E-state index is 12.4. The highest BCUT2D eigenvalue weighted by molar-refractivity contribution is 7.89. The van der Waals surface area contributed by atoms with Crippen molar-refractivity contribution in [1.29, 1.82) is 0 Å². The number of pyridine rings is 1. The van der Waals surface area contributed by atoms with Gasteiger partial charge in [0, 0.05) is 30.4 Å². The van der Waals surface area contributed by atoms with Gasteiger partial charge in [0.2, 0.25) is 10.0 Å². The Morgan fingerprint density at radius 1 is 1.27 bits per heavy atom. The van der Waals surface area contributed by atoms with Gasteiger partial charge >= 0.3 is 0 Å². The molecule has 22 heavy (non-hydrogen) atoms. The van der Waals surface area contributed by atoms with Crippen LogP contribution >= 0.6 is 0 Å². The molecule has 1 saturated carbocycles. The van der Waals surface area contributed by atoms with Gasteiger partial charge in [-0.1, -0.05) is 6.07 Å². The fraction of sp³-hybridized carbons (Fsp3) is 0.438. The number of rotatable bonds is 7. The molecule has 1 aliphatic rings. The number of benzene rings is 1. The van der Waals surface area contributed by atoms with E-state index in [4.69, 9.17) is 0 Å². The van der Waals surface area contributed by atoms with Crippen LogP contribution in [0, 0.1) is 5.92 Å². The number of fused-ring (bicyclic) bond motifs is 1. The van der Waals surface area contributed by atoms with Crippen LogP contribution in [0.25, 0.3) is 10.8 Å². The van der Waals surface area contributed by atoms with Crippen LogP contribution in [0.5, 0.6) is 0 Å². The molecule has 0 unspecified atom stereocenters. The van der Waals surface area contributed by atoms with Crippen molar-refractivity contribution in [2.75, 3.05) is 13.1 Å². The zero-order valence-electron chi connectivity index (χ0n) is 12.6. The van der Waals surface area contributed by atoms with E-state index in [2.05, 4.69) is 15.0 Å². The minimum absolute atomic E-state index is 0.142. The van der Waals surface area contributed by atoms with Gasteiger partial charge in [-0.25, -0.2) is 13.1 Å². The predicted octanol–water partition coefficient (Wildman–Crippen LogP) is 1.90. The van der Waals surface area contributed by atoms with Crippen LogP contribution < -0.4 is 10.0 Å². The van der Waals surface area contributed by atoms with Crippen molar-refractivity contribution in [3.8, 4) is 0 Å².